The molecule has 2 amide bonds. The smallest absolute Gasteiger partial charge is 0.257 e. The third-order valence-electron chi connectivity index (χ3n) is 6.76. The van der Waals surface area contributed by atoms with Gasteiger partial charge in [0.2, 0.25) is 5.91 Å². The summed E-state index contributed by atoms with van der Waals surface area (Å²) in [5.41, 5.74) is 4.29. The summed E-state index contributed by atoms with van der Waals surface area (Å²) >= 11 is 0. The van der Waals surface area contributed by atoms with Crippen molar-refractivity contribution >= 4 is 47.9 Å². The second-order valence-electron chi connectivity index (χ2n) is 8.92. The van der Waals surface area contributed by atoms with Crippen LogP contribution >= 0.6 is 24.8 Å². The molecule has 0 aliphatic carbocycles. The predicted molar refractivity (Wildman–Crippen MR) is 153 cm³/mol. The molecule has 9 heteroatoms. The summed E-state index contributed by atoms with van der Waals surface area (Å²) in [6.45, 7) is 4.34. The van der Waals surface area contributed by atoms with Crippen LogP contribution in [0, 0.1) is 5.82 Å². The summed E-state index contributed by atoms with van der Waals surface area (Å²) in [6.07, 6.45) is 0.121. The van der Waals surface area contributed by atoms with Crippen LogP contribution in [0.4, 0.5) is 10.1 Å². The molecule has 2 saturated heterocycles. The van der Waals surface area contributed by atoms with E-state index in [1.807, 2.05) is 60.7 Å². The number of amides is 2. The number of nitrogens with zero attached hydrogens (tertiary/aromatic N) is 3. The van der Waals surface area contributed by atoms with Crippen molar-refractivity contribution in [3.8, 4) is 0 Å². The number of rotatable bonds is 6. The van der Waals surface area contributed by atoms with Crippen LogP contribution in [0.2, 0.25) is 0 Å². The topological polar surface area (TPSA) is 75.4 Å². The van der Waals surface area contributed by atoms with Crippen LogP contribution in [0.5, 0.6) is 0 Å². The molecule has 2 heterocycles. The lowest BCUT2D eigenvalue weighted by Gasteiger charge is -2.36. The van der Waals surface area contributed by atoms with Crippen LogP contribution in [0.3, 0.4) is 0 Å². The predicted octanol–water partition coefficient (Wildman–Crippen LogP) is 4.23. The maximum absolute atomic E-state index is 13.4. The highest BCUT2D eigenvalue weighted by Crippen LogP contribution is 2.33. The largest absolute Gasteiger partial charge is 0.412 e. The van der Waals surface area contributed by atoms with Gasteiger partial charge in [-0.15, -0.1) is 24.8 Å². The molecule has 0 spiro atoms. The Hall–Kier alpha value is -3.23. The number of carbonyl (C=O) groups is 2. The van der Waals surface area contributed by atoms with Gasteiger partial charge in [-0.05, 0) is 41.0 Å². The van der Waals surface area contributed by atoms with Gasteiger partial charge in [0.1, 0.15) is 5.82 Å². The highest BCUT2D eigenvalue weighted by atomic mass is 35.5. The van der Waals surface area contributed by atoms with Gasteiger partial charge in [-0.25, -0.2) is 4.39 Å². The molecule has 0 bridgehead atoms. The van der Waals surface area contributed by atoms with E-state index in [0.29, 0.717) is 18.7 Å². The number of piperazine rings is 1. The quantitative estimate of drug-likeness (QED) is 0.334. The first-order valence-corrected chi connectivity index (χ1v) is 12.0. The summed E-state index contributed by atoms with van der Waals surface area (Å²) in [5.74, 6) is -0.564. The van der Waals surface area contributed by atoms with Gasteiger partial charge >= 0.3 is 0 Å². The van der Waals surface area contributed by atoms with E-state index < -0.39 is 0 Å². The average Bonchev–Trinajstić information content (AvgIpc) is 3.17. The first-order chi connectivity index (χ1) is 17.1. The normalized spacial score (nSPS) is 15.4. The monoisotopic (exact) mass is 559 g/mol. The molecule has 2 aliphatic heterocycles. The van der Waals surface area contributed by atoms with Crippen molar-refractivity contribution in [3.63, 3.8) is 0 Å². The van der Waals surface area contributed by atoms with Crippen LogP contribution in [0.25, 0.3) is 5.57 Å². The van der Waals surface area contributed by atoms with E-state index in [0.717, 1.165) is 48.6 Å². The Balaban J connectivity index is 0.00000169. The summed E-state index contributed by atoms with van der Waals surface area (Å²) in [6, 6.07) is 26.2. The van der Waals surface area contributed by atoms with Gasteiger partial charge < -0.3 is 10.4 Å². The Labute approximate surface area is 234 Å². The van der Waals surface area contributed by atoms with Crippen molar-refractivity contribution in [2.75, 3.05) is 44.2 Å². The fraction of sp³-hybridized carbons (Fsp3) is 0.241. The van der Waals surface area contributed by atoms with Gasteiger partial charge in [-0.2, -0.15) is 0 Å². The molecule has 0 radical (unpaired) electrons. The third kappa shape index (κ3) is 6.79. The summed E-state index contributed by atoms with van der Waals surface area (Å²) < 4.78 is 13.2. The van der Waals surface area contributed by atoms with E-state index in [-0.39, 0.29) is 54.3 Å². The number of hydrogen-bond acceptors (Lipinski definition) is 4. The molecule has 2 aliphatic rings. The zero-order valence-electron chi connectivity index (χ0n) is 20.9. The van der Waals surface area contributed by atoms with Crippen LogP contribution in [0.1, 0.15) is 17.5 Å². The van der Waals surface area contributed by atoms with Crippen molar-refractivity contribution in [1.29, 1.82) is 0 Å². The molecule has 202 valence electrons. The Morgan fingerprint density at radius 1 is 0.711 bits per heavy atom. The Morgan fingerprint density at radius 2 is 1.24 bits per heavy atom. The van der Waals surface area contributed by atoms with Gasteiger partial charge in [-0.1, -0.05) is 60.7 Å². The fourth-order valence-electron chi connectivity index (χ4n) is 4.87. The molecule has 0 aromatic heterocycles. The molecular weight excluding hydrogens is 528 g/mol. The lowest BCUT2D eigenvalue weighted by molar-refractivity contribution is -0.137. The van der Waals surface area contributed by atoms with Crippen molar-refractivity contribution < 1.29 is 19.5 Å². The summed E-state index contributed by atoms with van der Waals surface area (Å²) in [7, 11) is 0. The van der Waals surface area contributed by atoms with Crippen molar-refractivity contribution in [2.24, 2.45) is 0 Å². The minimum Gasteiger partial charge on any atom is -0.412 e. The van der Waals surface area contributed by atoms with E-state index >= 15 is 0 Å². The SMILES string of the molecule is Cl.Cl.O.O=C1CC(=C(c2ccccc2)c2ccccc2)C(=O)N1CCN1CCN(c2ccc(F)cc2)CC1. The minimum absolute atomic E-state index is 0. The Morgan fingerprint density at radius 3 is 1.76 bits per heavy atom. The van der Waals surface area contributed by atoms with Gasteiger partial charge in [-0.3, -0.25) is 19.4 Å². The molecule has 0 unspecified atom stereocenters. The first-order valence-electron chi connectivity index (χ1n) is 12.0. The number of imide groups is 1. The summed E-state index contributed by atoms with van der Waals surface area (Å²) in [4.78, 5) is 32.3. The molecule has 0 atom stereocenters. The molecule has 2 N–H and O–H groups in total. The van der Waals surface area contributed by atoms with E-state index in [1.54, 1.807) is 12.1 Å². The fourth-order valence-corrected chi connectivity index (χ4v) is 4.87. The maximum atomic E-state index is 13.4. The zero-order valence-corrected chi connectivity index (χ0v) is 22.5. The van der Waals surface area contributed by atoms with Crippen LogP contribution in [0.15, 0.2) is 90.5 Å². The molecule has 0 saturated carbocycles. The number of hydrogen-bond donors (Lipinski definition) is 0. The van der Waals surface area contributed by atoms with Gasteiger partial charge in [0.25, 0.3) is 5.91 Å². The second kappa shape index (κ2) is 14.1. The third-order valence-corrected chi connectivity index (χ3v) is 6.76. The average molecular weight is 560 g/mol. The molecule has 38 heavy (non-hydrogen) atoms. The molecule has 2 fully saturated rings. The Bertz CT molecular complexity index is 1190. The number of halogens is 3. The second-order valence-corrected chi connectivity index (χ2v) is 8.92. The van der Waals surface area contributed by atoms with Crippen molar-refractivity contribution in [3.05, 3.63) is 107 Å². The number of likely N-dealkylation sites (tertiary alicyclic amines) is 1. The first kappa shape index (κ1) is 31.0. The van der Waals surface area contributed by atoms with Gasteiger partial charge in [0.05, 0.1) is 6.42 Å². The number of anilines is 1. The lowest BCUT2D eigenvalue weighted by Crippen LogP contribution is -2.49. The molecule has 3 aromatic rings. The van der Waals surface area contributed by atoms with E-state index in [4.69, 9.17) is 0 Å². The lowest BCUT2D eigenvalue weighted by atomic mass is 9.92. The highest BCUT2D eigenvalue weighted by molar-refractivity contribution is 6.18. The van der Waals surface area contributed by atoms with Crippen LogP contribution in [-0.4, -0.2) is 66.4 Å². The number of carbonyl (C=O) groups excluding carboxylic acids is 2. The molecule has 6 nitrogen and oxygen atoms in total. The summed E-state index contributed by atoms with van der Waals surface area (Å²) in [5, 5.41) is 0. The Kier molecular flexibility index (Phi) is 11.5. The van der Waals surface area contributed by atoms with Crippen LogP contribution in [-0.2, 0) is 9.59 Å². The van der Waals surface area contributed by atoms with Crippen molar-refractivity contribution in [2.45, 2.75) is 6.42 Å². The van der Waals surface area contributed by atoms with Crippen molar-refractivity contribution in [1.82, 2.24) is 9.80 Å². The molecular formula is C29H32Cl2FN3O3. The molecule has 3 aromatic carbocycles. The van der Waals surface area contributed by atoms with E-state index in [2.05, 4.69) is 9.80 Å². The molecule has 5 rings (SSSR count). The zero-order chi connectivity index (χ0) is 24.2. The minimum atomic E-state index is -0.233. The van der Waals surface area contributed by atoms with Gasteiger partial charge in [0, 0.05) is 50.5 Å². The highest BCUT2D eigenvalue weighted by Gasteiger charge is 2.36. The maximum Gasteiger partial charge on any atom is 0.257 e. The van der Waals surface area contributed by atoms with E-state index in [9.17, 15) is 14.0 Å². The van der Waals surface area contributed by atoms with E-state index in [1.165, 1.54) is 17.0 Å². The van der Waals surface area contributed by atoms with Gasteiger partial charge in [0.15, 0.2) is 0 Å². The number of benzene rings is 3. The van der Waals surface area contributed by atoms with Crippen LogP contribution < -0.4 is 4.90 Å². The standard InChI is InChI=1S/C29H28FN3O2.2ClH.H2O/c30-24-11-13-25(14-12-24)32-18-15-31(16-19-32)17-20-33-27(34)21-26(29(33)35)28(22-7-3-1-4-8-22)23-9-5-2-6-10-23;;;/h1-14H,15-21H2;2*1H;1H2.